The number of aliphatic imine (C=N–C) groups is 1. The third-order valence-electron chi connectivity index (χ3n) is 6.56. The fourth-order valence-electron chi connectivity index (χ4n) is 4.78. The highest BCUT2D eigenvalue weighted by atomic mass is 19.1. The molecule has 6 nitrogen and oxygen atoms in total. The number of primary amides is 1. The summed E-state index contributed by atoms with van der Waals surface area (Å²) in [6.07, 6.45) is 4.65. The number of benzene rings is 2. The van der Waals surface area contributed by atoms with Crippen LogP contribution in [0.4, 0.5) is 9.18 Å². The van der Waals surface area contributed by atoms with Gasteiger partial charge in [0.2, 0.25) is 0 Å². The Hall–Kier alpha value is -3.45. The Labute approximate surface area is 219 Å². The molecule has 7 heteroatoms. The van der Waals surface area contributed by atoms with Crippen molar-refractivity contribution in [1.29, 1.82) is 0 Å². The number of allylic oxidation sites excluding steroid dienone is 4. The minimum absolute atomic E-state index is 0.119. The number of aryl methyl sites for hydroxylation is 1. The topological polar surface area (TPSA) is 93.9 Å². The summed E-state index contributed by atoms with van der Waals surface area (Å²) < 4.78 is 18.5. The largest absolute Gasteiger partial charge is 0.488 e. The summed E-state index contributed by atoms with van der Waals surface area (Å²) in [6.45, 7) is 8.22. The van der Waals surface area contributed by atoms with Gasteiger partial charge in [-0.2, -0.15) is 0 Å². The summed E-state index contributed by atoms with van der Waals surface area (Å²) in [4.78, 5) is 17.5. The van der Waals surface area contributed by atoms with Crippen LogP contribution in [0.15, 0.2) is 64.8 Å². The molecule has 0 radical (unpaired) electrons. The van der Waals surface area contributed by atoms with E-state index < -0.39 is 6.03 Å². The maximum Gasteiger partial charge on any atom is 0.338 e. The number of halogens is 1. The van der Waals surface area contributed by atoms with Crippen LogP contribution >= 0.6 is 0 Å². The van der Waals surface area contributed by atoms with Gasteiger partial charge in [0.05, 0.1) is 6.67 Å². The fraction of sp³-hybridized carbons (Fsp3) is 0.400. The third-order valence-corrected chi connectivity index (χ3v) is 6.56. The van der Waals surface area contributed by atoms with Crippen LogP contribution in [0, 0.1) is 6.92 Å². The van der Waals surface area contributed by atoms with Crippen LogP contribution in [0.2, 0.25) is 0 Å². The van der Waals surface area contributed by atoms with E-state index in [0.29, 0.717) is 18.5 Å². The lowest BCUT2D eigenvalue weighted by molar-refractivity contribution is 0.0184. The first-order valence-electron chi connectivity index (χ1n) is 13.1. The summed E-state index contributed by atoms with van der Waals surface area (Å²) in [5.41, 5.74) is 18.7. The predicted octanol–water partition coefficient (Wildman–Crippen LogP) is 5.90. The normalized spacial score (nSPS) is 16.8. The van der Waals surface area contributed by atoms with Gasteiger partial charge in [-0.15, -0.1) is 0 Å². The smallest absolute Gasteiger partial charge is 0.338 e. The number of carbonyl (C=O) groups excluding carboxylic acids is 1. The Morgan fingerprint density at radius 3 is 2.49 bits per heavy atom. The molecule has 4 N–H and O–H groups in total. The molecule has 0 unspecified atom stereocenters. The SMILES string of the molecule is CC.Cc1ccccc1C1=C(c2ccc(OC3CN(CCCF)C3)cc2)C(/C=N/C(N)=O)=C(N)CCC1. The summed E-state index contributed by atoms with van der Waals surface area (Å²) in [5.74, 6) is 0.792. The lowest BCUT2D eigenvalue weighted by Gasteiger charge is -2.38. The standard InChI is InChI=1S/C28H33FN4O2.C2H6/c1-19-6-2-3-7-23(19)24-8-4-9-26(30)25(16-32-28(31)34)27(24)20-10-12-21(13-11-20)35-22-17-33(18-22)15-5-14-29;1-2/h2-3,6-7,10-13,16,22H,4-5,8-9,14-15,17-18,30H2,1H3,(H2,31,34);1-2H3/b32-16+;. The molecule has 1 aliphatic heterocycles. The lowest BCUT2D eigenvalue weighted by atomic mass is 9.87. The Morgan fingerprint density at radius 2 is 1.84 bits per heavy atom. The van der Waals surface area contributed by atoms with Gasteiger partial charge >= 0.3 is 6.03 Å². The number of nitrogens with two attached hydrogens (primary N) is 2. The number of likely N-dealkylation sites (tertiary alicyclic amines) is 1. The highest BCUT2D eigenvalue weighted by Gasteiger charge is 2.28. The van der Waals surface area contributed by atoms with Gasteiger partial charge in [-0.05, 0) is 72.6 Å². The molecule has 1 saturated heterocycles. The third kappa shape index (κ3) is 7.29. The number of urea groups is 1. The summed E-state index contributed by atoms with van der Waals surface area (Å²) in [5, 5.41) is 0. The van der Waals surface area contributed by atoms with Crippen LogP contribution in [0.5, 0.6) is 5.75 Å². The van der Waals surface area contributed by atoms with Gasteiger partial charge in [-0.1, -0.05) is 50.2 Å². The Morgan fingerprint density at radius 1 is 1.14 bits per heavy atom. The molecule has 2 aromatic rings. The first-order chi connectivity index (χ1) is 18.0. The fourth-order valence-corrected chi connectivity index (χ4v) is 4.78. The van der Waals surface area contributed by atoms with Gasteiger partial charge in [0.25, 0.3) is 0 Å². The molecule has 1 heterocycles. The van der Waals surface area contributed by atoms with E-state index in [2.05, 4.69) is 28.9 Å². The van der Waals surface area contributed by atoms with Gasteiger partial charge in [-0.3, -0.25) is 9.29 Å². The average Bonchev–Trinajstić information content (AvgIpc) is 3.04. The summed E-state index contributed by atoms with van der Waals surface area (Å²) in [6, 6.07) is 15.5. The average molecular weight is 507 g/mol. The van der Waals surface area contributed by atoms with Crippen LogP contribution in [-0.2, 0) is 0 Å². The molecule has 1 fully saturated rings. The quantitative estimate of drug-likeness (QED) is 0.436. The van der Waals surface area contributed by atoms with Crippen LogP contribution < -0.4 is 16.2 Å². The lowest BCUT2D eigenvalue weighted by Crippen LogP contribution is -2.53. The molecule has 0 bridgehead atoms. The predicted molar refractivity (Wildman–Crippen MR) is 150 cm³/mol. The number of carbonyl (C=O) groups is 1. The number of amides is 2. The van der Waals surface area contributed by atoms with Crippen molar-refractivity contribution in [2.45, 2.75) is 52.6 Å². The van der Waals surface area contributed by atoms with Gasteiger partial charge in [0, 0.05) is 37.1 Å². The van der Waals surface area contributed by atoms with Crippen molar-refractivity contribution in [2.75, 3.05) is 26.3 Å². The number of alkyl halides is 1. The molecule has 198 valence electrons. The molecule has 0 atom stereocenters. The van der Waals surface area contributed by atoms with Gasteiger partial charge in [0.15, 0.2) is 0 Å². The molecule has 1 aliphatic carbocycles. The second kappa shape index (κ2) is 13.7. The van der Waals surface area contributed by atoms with Gasteiger partial charge in [-0.25, -0.2) is 9.79 Å². The van der Waals surface area contributed by atoms with Crippen molar-refractivity contribution < 1.29 is 13.9 Å². The monoisotopic (exact) mass is 506 g/mol. The molecule has 0 spiro atoms. The maximum absolute atomic E-state index is 12.4. The Bertz CT molecular complexity index is 1150. The van der Waals surface area contributed by atoms with E-state index in [1.165, 1.54) is 17.4 Å². The number of rotatable bonds is 8. The molecule has 0 aromatic heterocycles. The molecular formula is C30H39FN4O2. The molecule has 2 aliphatic rings. The van der Waals surface area contributed by atoms with Crippen LogP contribution in [-0.4, -0.2) is 49.6 Å². The van der Waals surface area contributed by atoms with E-state index in [-0.39, 0.29) is 12.8 Å². The Kier molecular flexibility index (Phi) is 10.4. The van der Waals surface area contributed by atoms with Crippen molar-refractivity contribution in [3.05, 3.63) is 76.5 Å². The van der Waals surface area contributed by atoms with Crippen LogP contribution in [0.25, 0.3) is 11.1 Å². The first kappa shape index (κ1) is 28.1. The highest BCUT2D eigenvalue weighted by Crippen LogP contribution is 2.40. The maximum atomic E-state index is 12.4. The zero-order valence-corrected chi connectivity index (χ0v) is 22.2. The van der Waals surface area contributed by atoms with Gasteiger partial charge in [0.1, 0.15) is 11.9 Å². The van der Waals surface area contributed by atoms with E-state index in [1.807, 2.05) is 50.2 Å². The number of ether oxygens (including phenoxy) is 1. The van der Waals surface area contributed by atoms with Gasteiger partial charge < -0.3 is 16.2 Å². The molecule has 0 saturated carbocycles. The first-order valence-corrected chi connectivity index (χ1v) is 13.1. The van der Waals surface area contributed by atoms with Crippen molar-refractivity contribution in [1.82, 2.24) is 4.90 Å². The Balaban J connectivity index is 0.00000186. The van der Waals surface area contributed by atoms with Crippen LogP contribution in [0.3, 0.4) is 0 Å². The van der Waals surface area contributed by atoms with Crippen molar-refractivity contribution >= 4 is 23.4 Å². The van der Waals surface area contributed by atoms with Crippen molar-refractivity contribution in [3.63, 3.8) is 0 Å². The van der Waals surface area contributed by atoms with Crippen molar-refractivity contribution in [2.24, 2.45) is 16.5 Å². The summed E-state index contributed by atoms with van der Waals surface area (Å²) >= 11 is 0. The summed E-state index contributed by atoms with van der Waals surface area (Å²) in [7, 11) is 0. The van der Waals surface area contributed by atoms with E-state index in [1.54, 1.807) is 0 Å². The molecule has 2 amide bonds. The number of hydrogen-bond acceptors (Lipinski definition) is 4. The van der Waals surface area contributed by atoms with E-state index in [4.69, 9.17) is 16.2 Å². The van der Waals surface area contributed by atoms with Crippen molar-refractivity contribution in [3.8, 4) is 5.75 Å². The van der Waals surface area contributed by atoms with E-state index in [9.17, 15) is 9.18 Å². The molecular weight excluding hydrogens is 467 g/mol. The minimum Gasteiger partial charge on any atom is -0.488 e. The van der Waals surface area contributed by atoms with E-state index >= 15 is 0 Å². The molecule has 2 aromatic carbocycles. The number of hydrogen-bond donors (Lipinski definition) is 2. The zero-order valence-electron chi connectivity index (χ0n) is 22.2. The molecule has 4 rings (SSSR count). The highest BCUT2D eigenvalue weighted by molar-refractivity contribution is 6.12. The van der Waals surface area contributed by atoms with E-state index in [0.717, 1.165) is 60.5 Å². The second-order valence-corrected chi connectivity index (χ2v) is 9.12. The van der Waals surface area contributed by atoms with Crippen LogP contribution in [0.1, 0.15) is 56.2 Å². The zero-order chi connectivity index (χ0) is 26.8. The second-order valence-electron chi connectivity index (χ2n) is 9.12. The number of nitrogens with zero attached hydrogens (tertiary/aromatic N) is 2. The molecule has 37 heavy (non-hydrogen) atoms. The minimum atomic E-state index is -0.754.